The van der Waals surface area contributed by atoms with Gasteiger partial charge in [-0.05, 0) is 64.3 Å². The fraction of sp³-hybridized carbons (Fsp3) is 0.375. The van der Waals surface area contributed by atoms with E-state index in [9.17, 15) is 14.7 Å². The summed E-state index contributed by atoms with van der Waals surface area (Å²) >= 11 is 0. The zero-order valence-corrected chi connectivity index (χ0v) is 23.2. The van der Waals surface area contributed by atoms with Gasteiger partial charge in [-0.3, -0.25) is 4.79 Å². The Morgan fingerprint density at radius 3 is 1.92 bits per heavy atom. The molecule has 0 aromatic heterocycles. The maximum Gasteiger partial charge on any atom is 0.336 e. The number of hydrogen-bond donors (Lipinski definition) is 2. The minimum Gasteiger partial charge on any atom is -0.486 e. The zero-order valence-electron chi connectivity index (χ0n) is 23.2. The van der Waals surface area contributed by atoms with Gasteiger partial charge in [-0.1, -0.05) is 83.1 Å². The first-order valence-corrected chi connectivity index (χ1v) is 13.0. The van der Waals surface area contributed by atoms with Crippen LogP contribution in [-0.2, 0) is 14.9 Å². The van der Waals surface area contributed by atoms with Crippen molar-refractivity contribution in [3.63, 3.8) is 0 Å². The third-order valence-corrected chi connectivity index (χ3v) is 6.38. The van der Waals surface area contributed by atoms with E-state index in [0.29, 0.717) is 11.5 Å². The van der Waals surface area contributed by atoms with Crippen LogP contribution in [-0.4, -0.2) is 36.7 Å². The highest BCUT2D eigenvalue weighted by atomic mass is 16.5. The Balaban J connectivity index is 1.69. The summed E-state index contributed by atoms with van der Waals surface area (Å²) in [6, 6.07) is 24.0. The highest BCUT2D eigenvalue weighted by Gasteiger charge is 2.19. The van der Waals surface area contributed by atoms with Crippen molar-refractivity contribution in [2.75, 3.05) is 13.7 Å². The molecule has 0 saturated carbocycles. The summed E-state index contributed by atoms with van der Waals surface area (Å²) in [4.78, 5) is 23.7. The van der Waals surface area contributed by atoms with Crippen molar-refractivity contribution in [3.05, 3.63) is 89.5 Å². The van der Waals surface area contributed by atoms with Crippen molar-refractivity contribution in [3.8, 4) is 16.9 Å². The van der Waals surface area contributed by atoms with E-state index in [1.165, 1.54) is 12.7 Å². The van der Waals surface area contributed by atoms with Crippen molar-refractivity contribution in [1.82, 2.24) is 5.32 Å². The maximum absolute atomic E-state index is 12.4. The number of esters is 1. The lowest BCUT2D eigenvalue weighted by Crippen LogP contribution is -2.37. The number of methoxy groups -OCH3 is 1. The fourth-order valence-corrected chi connectivity index (χ4v) is 4.09. The average molecular weight is 518 g/mol. The summed E-state index contributed by atoms with van der Waals surface area (Å²) in [5.41, 5.74) is 5.11. The molecule has 2 N–H and O–H groups in total. The van der Waals surface area contributed by atoms with Crippen LogP contribution in [0, 0.1) is 5.92 Å². The van der Waals surface area contributed by atoms with Gasteiger partial charge in [0.05, 0.1) is 13.7 Å². The average Bonchev–Trinajstić information content (AvgIpc) is 2.90. The van der Waals surface area contributed by atoms with Crippen molar-refractivity contribution in [2.45, 2.75) is 58.7 Å². The third kappa shape index (κ3) is 7.93. The number of ether oxygens (including phenoxy) is 2. The predicted octanol–water partition coefficient (Wildman–Crippen LogP) is 6.08. The van der Waals surface area contributed by atoms with E-state index in [4.69, 9.17) is 4.74 Å². The second-order valence-electron chi connectivity index (χ2n) is 11.0. The van der Waals surface area contributed by atoms with Crippen LogP contribution in [0.4, 0.5) is 0 Å². The van der Waals surface area contributed by atoms with Gasteiger partial charge in [0.1, 0.15) is 11.9 Å². The molecule has 6 heteroatoms. The largest absolute Gasteiger partial charge is 0.486 e. The second-order valence-corrected chi connectivity index (χ2v) is 11.0. The molecule has 2 unspecified atom stereocenters. The van der Waals surface area contributed by atoms with Crippen molar-refractivity contribution in [1.29, 1.82) is 0 Å². The SMILES string of the molecule is COC(=O)C(O)CNC(=O)c1ccc(C(CC(C)C)Oc2ccc(-c3ccc(C(C)(C)C)cc3)cc2)cc1. The van der Waals surface area contributed by atoms with E-state index in [2.05, 4.69) is 81.1 Å². The van der Waals surface area contributed by atoms with E-state index in [1.807, 2.05) is 24.3 Å². The molecule has 0 aliphatic carbocycles. The molecule has 6 nitrogen and oxygen atoms in total. The molecular weight excluding hydrogens is 478 g/mol. The van der Waals surface area contributed by atoms with E-state index < -0.39 is 12.1 Å². The van der Waals surface area contributed by atoms with Gasteiger partial charge >= 0.3 is 5.97 Å². The Labute approximate surface area is 226 Å². The van der Waals surface area contributed by atoms with Gasteiger partial charge < -0.3 is 19.9 Å². The molecule has 0 fully saturated rings. The van der Waals surface area contributed by atoms with Gasteiger partial charge in [-0.2, -0.15) is 0 Å². The summed E-state index contributed by atoms with van der Waals surface area (Å²) in [5, 5.41) is 12.2. The standard InChI is InChI=1S/C32H39NO5/c1-21(2)19-29(24-7-9-25(10-8-24)30(35)33-20-28(34)31(36)37-6)38-27-17-13-23(14-18-27)22-11-15-26(16-12-22)32(3,4)5/h7-18,21,28-29,34H,19-20H2,1-6H3,(H,33,35). The minimum absolute atomic E-state index is 0.122. The molecule has 1 amide bonds. The number of amides is 1. The Kier molecular flexibility index (Phi) is 9.70. The van der Waals surface area contributed by atoms with Crippen LogP contribution in [0.15, 0.2) is 72.8 Å². The molecule has 3 rings (SSSR count). The molecule has 0 spiro atoms. The smallest absolute Gasteiger partial charge is 0.336 e. The van der Waals surface area contributed by atoms with E-state index in [0.717, 1.165) is 28.9 Å². The number of hydrogen-bond acceptors (Lipinski definition) is 5. The van der Waals surface area contributed by atoms with Crippen LogP contribution in [0.5, 0.6) is 5.75 Å². The zero-order chi connectivity index (χ0) is 27.9. The molecule has 0 aliphatic rings. The topological polar surface area (TPSA) is 84.9 Å². The van der Waals surface area contributed by atoms with Crippen LogP contribution in [0.25, 0.3) is 11.1 Å². The number of nitrogens with one attached hydrogen (secondary N) is 1. The van der Waals surface area contributed by atoms with E-state index in [-0.39, 0.29) is 24.0 Å². The first kappa shape index (κ1) is 28.9. The lowest BCUT2D eigenvalue weighted by atomic mass is 9.86. The predicted molar refractivity (Wildman–Crippen MR) is 150 cm³/mol. The van der Waals surface area contributed by atoms with Crippen LogP contribution in [0.3, 0.4) is 0 Å². The van der Waals surface area contributed by atoms with E-state index >= 15 is 0 Å². The van der Waals surface area contributed by atoms with Gasteiger partial charge in [0, 0.05) is 5.56 Å². The summed E-state index contributed by atoms with van der Waals surface area (Å²) in [6.45, 7) is 10.7. The van der Waals surface area contributed by atoms with Crippen molar-refractivity contribution in [2.24, 2.45) is 5.92 Å². The summed E-state index contributed by atoms with van der Waals surface area (Å²) < 4.78 is 10.9. The molecule has 0 radical (unpaired) electrons. The number of carbonyl (C=O) groups is 2. The van der Waals surface area contributed by atoms with Crippen LogP contribution < -0.4 is 10.1 Å². The van der Waals surface area contributed by atoms with E-state index in [1.54, 1.807) is 12.1 Å². The quantitative estimate of drug-likeness (QED) is 0.318. The van der Waals surface area contributed by atoms with Gasteiger partial charge in [0.2, 0.25) is 0 Å². The molecule has 0 saturated heterocycles. The molecule has 38 heavy (non-hydrogen) atoms. The maximum atomic E-state index is 12.4. The van der Waals surface area contributed by atoms with Crippen molar-refractivity contribution < 1.29 is 24.2 Å². The fourth-order valence-electron chi connectivity index (χ4n) is 4.09. The molecular formula is C32H39NO5. The molecule has 2 atom stereocenters. The minimum atomic E-state index is -1.40. The Bertz CT molecular complexity index is 1190. The van der Waals surface area contributed by atoms with Gasteiger partial charge in [0.25, 0.3) is 5.91 Å². The third-order valence-electron chi connectivity index (χ3n) is 6.38. The summed E-state index contributed by atoms with van der Waals surface area (Å²) in [7, 11) is 1.18. The lowest BCUT2D eigenvalue weighted by Gasteiger charge is -2.22. The summed E-state index contributed by atoms with van der Waals surface area (Å²) in [6.07, 6.45) is -0.765. The molecule has 3 aromatic carbocycles. The first-order valence-electron chi connectivity index (χ1n) is 13.0. The number of aliphatic hydroxyl groups excluding tert-OH is 1. The molecule has 0 heterocycles. The van der Waals surface area contributed by atoms with Crippen LogP contribution in [0.1, 0.15) is 68.6 Å². The number of benzene rings is 3. The van der Waals surface area contributed by atoms with Crippen molar-refractivity contribution >= 4 is 11.9 Å². The molecule has 3 aromatic rings. The first-order chi connectivity index (χ1) is 18.0. The number of rotatable bonds is 10. The molecule has 0 aliphatic heterocycles. The number of aliphatic hydroxyl groups is 1. The summed E-state index contributed by atoms with van der Waals surface area (Å²) in [5.74, 6) is 0.0143. The monoisotopic (exact) mass is 517 g/mol. The molecule has 0 bridgehead atoms. The second kappa shape index (κ2) is 12.7. The van der Waals surface area contributed by atoms with Crippen LogP contribution >= 0.6 is 0 Å². The number of carbonyl (C=O) groups excluding carboxylic acids is 2. The Hall–Kier alpha value is -3.64. The van der Waals surface area contributed by atoms with Gasteiger partial charge in [-0.25, -0.2) is 4.79 Å². The Morgan fingerprint density at radius 2 is 1.42 bits per heavy atom. The Morgan fingerprint density at radius 1 is 0.868 bits per heavy atom. The van der Waals surface area contributed by atoms with Crippen LogP contribution in [0.2, 0.25) is 0 Å². The lowest BCUT2D eigenvalue weighted by molar-refractivity contribution is -0.149. The highest BCUT2D eigenvalue weighted by Crippen LogP contribution is 2.31. The van der Waals surface area contributed by atoms with Gasteiger partial charge in [-0.15, -0.1) is 0 Å². The normalized spacial score (nSPS) is 13.1. The van der Waals surface area contributed by atoms with Gasteiger partial charge in [0.15, 0.2) is 6.10 Å². The highest BCUT2D eigenvalue weighted by molar-refractivity contribution is 5.94. The molecule has 202 valence electrons.